The highest BCUT2D eigenvalue weighted by Gasteiger charge is 2.25. The van der Waals surface area contributed by atoms with Gasteiger partial charge in [-0.15, -0.1) is 0 Å². The second-order valence-corrected chi connectivity index (χ2v) is 5.98. The Morgan fingerprint density at radius 3 is 2.57 bits per heavy atom. The van der Waals surface area contributed by atoms with Crippen LogP contribution in [0.15, 0.2) is 39.5 Å². The maximum Gasteiger partial charge on any atom is 0.258 e. The van der Waals surface area contributed by atoms with Crippen LogP contribution in [-0.2, 0) is 0 Å². The summed E-state index contributed by atoms with van der Waals surface area (Å²) in [6.07, 6.45) is 3.20. The van der Waals surface area contributed by atoms with Crippen molar-refractivity contribution in [2.45, 2.75) is 0 Å². The predicted octanol–water partition coefficient (Wildman–Crippen LogP) is 3.05. The third-order valence-electron chi connectivity index (χ3n) is 3.45. The summed E-state index contributed by atoms with van der Waals surface area (Å²) in [6.45, 7) is 2.77. The zero-order valence-electron chi connectivity index (χ0n) is 11.1. The normalized spacial score (nSPS) is 15.3. The molecule has 2 aromatic rings. The molecule has 0 radical (unpaired) electrons. The van der Waals surface area contributed by atoms with Gasteiger partial charge in [-0.2, -0.15) is 0 Å². The van der Waals surface area contributed by atoms with Gasteiger partial charge in [-0.1, -0.05) is 0 Å². The molecular weight excluding hydrogens is 358 g/mol. The van der Waals surface area contributed by atoms with E-state index in [1.807, 2.05) is 12.1 Å². The van der Waals surface area contributed by atoms with Crippen LogP contribution in [0, 0.1) is 0 Å². The lowest BCUT2D eigenvalue weighted by molar-refractivity contribution is 0.0746. The molecule has 0 spiro atoms. The first kappa shape index (κ1) is 14.4. The van der Waals surface area contributed by atoms with Gasteiger partial charge in [0.05, 0.1) is 11.8 Å². The van der Waals surface area contributed by atoms with E-state index in [-0.39, 0.29) is 11.1 Å². The summed E-state index contributed by atoms with van der Waals surface area (Å²) in [5, 5.41) is 0.150. The highest BCUT2D eigenvalue weighted by Crippen LogP contribution is 2.21. The molecule has 0 bridgehead atoms. The van der Waals surface area contributed by atoms with Gasteiger partial charge in [0.1, 0.15) is 5.82 Å². The summed E-state index contributed by atoms with van der Waals surface area (Å²) in [7, 11) is 0. The number of rotatable bonds is 2. The second kappa shape index (κ2) is 6.07. The van der Waals surface area contributed by atoms with Crippen molar-refractivity contribution in [2.75, 3.05) is 31.1 Å². The Morgan fingerprint density at radius 1 is 1.24 bits per heavy atom. The van der Waals surface area contributed by atoms with Gasteiger partial charge < -0.3 is 14.2 Å². The molecule has 7 heteroatoms. The van der Waals surface area contributed by atoms with Gasteiger partial charge in [0.2, 0.25) is 5.22 Å². The molecule has 0 N–H and O–H groups in total. The Bertz CT molecular complexity index is 636. The molecule has 3 rings (SSSR count). The average Bonchev–Trinajstić information content (AvgIpc) is 2.94. The lowest BCUT2D eigenvalue weighted by atomic mass is 10.2. The Hall–Kier alpha value is -1.53. The number of halogens is 2. The fraction of sp³-hybridized carbons (Fsp3) is 0.286. The van der Waals surface area contributed by atoms with Gasteiger partial charge in [0, 0.05) is 36.8 Å². The van der Waals surface area contributed by atoms with Crippen molar-refractivity contribution in [3.63, 3.8) is 0 Å². The molecule has 5 nitrogen and oxygen atoms in total. The number of hydrogen-bond acceptors (Lipinski definition) is 4. The molecule has 1 saturated heterocycles. The van der Waals surface area contributed by atoms with Gasteiger partial charge in [0.25, 0.3) is 5.91 Å². The highest BCUT2D eigenvalue weighted by atomic mass is 79.9. The van der Waals surface area contributed by atoms with Crippen molar-refractivity contribution in [3.8, 4) is 0 Å². The van der Waals surface area contributed by atoms with Gasteiger partial charge in [0.15, 0.2) is 0 Å². The highest BCUT2D eigenvalue weighted by molar-refractivity contribution is 9.10. The van der Waals surface area contributed by atoms with Crippen LogP contribution in [0.5, 0.6) is 0 Å². The Morgan fingerprint density at radius 2 is 2.00 bits per heavy atom. The Kier molecular flexibility index (Phi) is 4.17. The second-order valence-electron chi connectivity index (χ2n) is 4.72. The van der Waals surface area contributed by atoms with E-state index in [1.165, 1.54) is 6.26 Å². The molecule has 0 atom stereocenters. The summed E-state index contributed by atoms with van der Waals surface area (Å²) >= 11 is 9.23. The Labute approximate surface area is 135 Å². The predicted molar refractivity (Wildman–Crippen MR) is 83.8 cm³/mol. The maximum atomic E-state index is 12.3. The van der Waals surface area contributed by atoms with E-state index >= 15 is 0 Å². The minimum absolute atomic E-state index is 0.0860. The molecule has 1 amide bonds. The summed E-state index contributed by atoms with van der Waals surface area (Å²) in [6, 6.07) is 5.53. The summed E-state index contributed by atoms with van der Waals surface area (Å²) in [4.78, 5) is 20.6. The van der Waals surface area contributed by atoms with E-state index in [0.717, 1.165) is 23.4 Å². The van der Waals surface area contributed by atoms with Crippen LogP contribution in [0.2, 0.25) is 5.22 Å². The molecule has 110 valence electrons. The van der Waals surface area contributed by atoms with Crippen molar-refractivity contribution in [1.29, 1.82) is 0 Å². The average molecular weight is 371 g/mol. The van der Waals surface area contributed by atoms with Crippen LogP contribution in [0.3, 0.4) is 0 Å². The van der Waals surface area contributed by atoms with Crippen LogP contribution in [0.25, 0.3) is 0 Å². The molecule has 1 fully saturated rings. The smallest absolute Gasteiger partial charge is 0.258 e. The van der Waals surface area contributed by atoms with Crippen LogP contribution in [0.1, 0.15) is 10.4 Å². The number of hydrogen-bond donors (Lipinski definition) is 0. The first-order valence-electron chi connectivity index (χ1n) is 6.54. The Balaban J connectivity index is 1.64. The number of piperazine rings is 1. The molecular formula is C14H13BrClN3O2. The van der Waals surface area contributed by atoms with E-state index in [9.17, 15) is 4.79 Å². The molecule has 0 aromatic carbocycles. The third kappa shape index (κ3) is 3.06. The SMILES string of the molecule is O=C(c1ccoc1Cl)N1CCN(c2ccc(Br)cn2)CC1. The monoisotopic (exact) mass is 369 g/mol. The van der Waals surface area contributed by atoms with Crippen molar-refractivity contribution in [1.82, 2.24) is 9.88 Å². The number of amides is 1. The fourth-order valence-electron chi connectivity index (χ4n) is 2.31. The lowest BCUT2D eigenvalue weighted by Crippen LogP contribution is -2.49. The lowest BCUT2D eigenvalue weighted by Gasteiger charge is -2.35. The van der Waals surface area contributed by atoms with E-state index in [4.69, 9.17) is 16.0 Å². The van der Waals surface area contributed by atoms with Gasteiger partial charge in [-0.25, -0.2) is 4.98 Å². The summed E-state index contributed by atoms with van der Waals surface area (Å²) < 4.78 is 5.92. The molecule has 0 unspecified atom stereocenters. The number of pyridine rings is 1. The third-order valence-corrected chi connectivity index (χ3v) is 4.21. The largest absolute Gasteiger partial charge is 0.452 e. The number of aromatic nitrogens is 1. The first-order valence-corrected chi connectivity index (χ1v) is 7.71. The molecule has 0 saturated carbocycles. The van der Waals surface area contributed by atoms with Gasteiger partial charge in [-0.05, 0) is 45.7 Å². The summed E-state index contributed by atoms with van der Waals surface area (Å²) in [5.41, 5.74) is 0.423. The molecule has 1 aliphatic rings. The number of carbonyl (C=O) groups is 1. The van der Waals surface area contributed by atoms with Crippen molar-refractivity contribution in [2.24, 2.45) is 0 Å². The minimum atomic E-state index is -0.0860. The zero-order chi connectivity index (χ0) is 14.8. The van der Waals surface area contributed by atoms with Crippen LogP contribution in [0.4, 0.5) is 5.82 Å². The maximum absolute atomic E-state index is 12.3. The van der Waals surface area contributed by atoms with Crippen LogP contribution < -0.4 is 4.90 Å². The minimum Gasteiger partial charge on any atom is -0.452 e. The van der Waals surface area contributed by atoms with E-state index in [0.29, 0.717) is 18.7 Å². The molecule has 1 aliphatic heterocycles. The molecule has 3 heterocycles. The van der Waals surface area contributed by atoms with E-state index < -0.39 is 0 Å². The van der Waals surface area contributed by atoms with Crippen molar-refractivity contribution < 1.29 is 9.21 Å². The van der Waals surface area contributed by atoms with Crippen molar-refractivity contribution in [3.05, 3.63) is 45.9 Å². The quantitative estimate of drug-likeness (QED) is 0.815. The fourth-order valence-corrected chi connectivity index (χ4v) is 2.74. The standard InChI is InChI=1S/C14H13BrClN3O2/c15-10-1-2-12(17-9-10)18-4-6-19(7-5-18)14(20)11-3-8-21-13(11)16/h1-3,8-9H,4-7H2. The summed E-state index contributed by atoms with van der Waals surface area (Å²) in [5.74, 6) is 0.837. The van der Waals surface area contributed by atoms with Gasteiger partial charge in [-0.3, -0.25) is 4.79 Å². The van der Waals surface area contributed by atoms with Crippen molar-refractivity contribution >= 4 is 39.3 Å². The molecule has 21 heavy (non-hydrogen) atoms. The van der Waals surface area contributed by atoms with Crippen LogP contribution in [-0.4, -0.2) is 42.0 Å². The van der Waals surface area contributed by atoms with E-state index in [1.54, 1.807) is 17.2 Å². The van der Waals surface area contributed by atoms with Gasteiger partial charge >= 0.3 is 0 Å². The van der Waals surface area contributed by atoms with E-state index in [2.05, 4.69) is 25.8 Å². The number of nitrogens with zero attached hydrogens (tertiary/aromatic N) is 3. The zero-order valence-corrected chi connectivity index (χ0v) is 13.5. The first-order chi connectivity index (χ1) is 10.1. The topological polar surface area (TPSA) is 49.6 Å². The number of furan rings is 1. The van der Waals surface area contributed by atoms with Crippen LogP contribution >= 0.6 is 27.5 Å². The number of carbonyl (C=O) groups excluding carboxylic acids is 1. The molecule has 0 aliphatic carbocycles. The number of anilines is 1. The molecule has 2 aromatic heterocycles.